The SMILES string of the molecule is COc1cc(OC)c(C(C)=O)c(OC2OC(COC3OCC(O)C(O)C3O)C(O)C(O)C2O)c1. The Morgan fingerprint density at radius 1 is 0.912 bits per heavy atom. The standard InChI is InChI=1S/C21H30O13/c1-8(22)14-11(30-3)4-9(29-2)5-12(14)33-21-19(28)17(26)16(25)13(34-21)7-32-20-18(27)15(24)10(23)6-31-20/h4-5,10,13,15-21,23-28H,6-7H2,1-3H3. The summed E-state index contributed by atoms with van der Waals surface area (Å²) in [7, 11) is 2.74. The number of hydrogen-bond acceptors (Lipinski definition) is 13. The van der Waals surface area contributed by atoms with E-state index in [0.717, 1.165) is 0 Å². The van der Waals surface area contributed by atoms with Crippen molar-refractivity contribution in [1.29, 1.82) is 0 Å². The van der Waals surface area contributed by atoms with E-state index in [4.69, 9.17) is 28.4 Å². The smallest absolute Gasteiger partial charge is 0.229 e. The van der Waals surface area contributed by atoms with Crippen molar-refractivity contribution in [2.24, 2.45) is 0 Å². The van der Waals surface area contributed by atoms with Crippen LogP contribution in [0.5, 0.6) is 17.2 Å². The second-order valence-electron chi connectivity index (χ2n) is 7.98. The Bertz CT molecular complexity index is 848. The molecule has 0 aliphatic carbocycles. The summed E-state index contributed by atoms with van der Waals surface area (Å²) in [5.41, 5.74) is 0.0405. The highest BCUT2D eigenvalue weighted by atomic mass is 16.7. The fourth-order valence-electron chi connectivity index (χ4n) is 3.68. The van der Waals surface area contributed by atoms with Crippen LogP contribution < -0.4 is 14.2 Å². The molecule has 0 spiro atoms. The van der Waals surface area contributed by atoms with Gasteiger partial charge in [0.1, 0.15) is 65.5 Å². The molecule has 2 fully saturated rings. The van der Waals surface area contributed by atoms with Gasteiger partial charge in [0.15, 0.2) is 12.1 Å². The van der Waals surface area contributed by atoms with Crippen LogP contribution in [0.15, 0.2) is 12.1 Å². The Hall–Kier alpha value is -2.07. The van der Waals surface area contributed by atoms with Crippen molar-refractivity contribution in [3.63, 3.8) is 0 Å². The predicted octanol–water partition coefficient (Wildman–Crippen LogP) is -2.45. The molecule has 2 aliphatic rings. The van der Waals surface area contributed by atoms with Crippen LogP contribution >= 0.6 is 0 Å². The van der Waals surface area contributed by atoms with Gasteiger partial charge in [0, 0.05) is 12.1 Å². The summed E-state index contributed by atoms with van der Waals surface area (Å²) < 4.78 is 32.2. The normalized spacial score (nSPS) is 36.1. The molecular weight excluding hydrogens is 460 g/mol. The lowest BCUT2D eigenvalue weighted by Crippen LogP contribution is -2.61. The Balaban J connectivity index is 1.77. The van der Waals surface area contributed by atoms with Gasteiger partial charge in [0.25, 0.3) is 0 Å². The molecule has 13 nitrogen and oxygen atoms in total. The second kappa shape index (κ2) is 11.1. The summed E-state index contributed by atoms with van der Waals surface area (Å²) in [4.78, 5) is 12.2. The summed E-state index contributed by atoms with van der Waals surface area (Å²) in [5.74, 6) is -0.0350. The van der Waals surface area contributed by atoms with Crippen LogP contribution in [0, 0.1) is 0 Å². The van der Waals surface area contributed by atoms with Gasteiger partial charge >= 0.3 is 0 Å². The molecule has 6 N–H and O–H groups in total. The average molecular weight is 490 g/mol. The molecule has 3 rings (SSSR count). The van der Waals surface area contributed by atoms with Crippen molar-refractivity contribution in [1.82, 2.24) is 0 Å². The molecule has 0 saturated carbocycles. The van der Waals surface area contributed by atoms with E-state index in [9.17, 15) is 35.4 Å². The van der Waals surface area contributed by atoms with Crippen molar-refractivity contribution >= 4 is 5.78 Å². The van der Waals surface area contributed by atoms with Crippen molar-refractivity contribution in [2.75, 3.05) is 27.4 Å². The zero-order chi connectivity index (χ0) is 25.2. The molecule has 9 unspecified atom stereocenters. The predicted molar refractivity (Wildman–Crippen MR) is 111 cm³/mol. The number of benzene rings is 1. The summed E-state index contributed by atoms with van der Waals surface area (Å²) >= 11 is 0. The topological polar surface area (TPSA) is 194 Å². The molecular formula is C21H30O13. The highest BCUT2D eigenvalue weighted by Gasteiger charge is 2.46. The van der Waals surface area contributed by atoms with E-state index in [1.165, 1.54) is 33.3 Å². The Morgan fingerprint density at radius 3 is 2.18 bits per heavy atom. The first kappa shape index (κ1) is 26.5. The van der Waals surface area contributed by atoms with E-state index in [1.807, 2.05) is 0 Å². The average Bonchev–Trinajstić information content (AvgIpc) is 2.82. The number of ketones is 1. The van der Waals surface area contributed by atoms with Gasteiger partial charge in [0.2, 0.25) is 6.29 Å². The lowest BCUT2D eigenvalue weighted by Gasteiger charge is -2.41. The molecule has 13 heteroatoms. The Kier molecular flexibility index (Phi) is 8.67. The van der Waals surface area contributed by atoms with Crippen LogP contribution in [-0.2, 0) is 14.2 Å². The molecule has 2 heterocycles. The summed E-state index contributed by atoms with van der Waals surface area (Å²) in [6.07, 6.45) is -13.6. The first-order chi connectivity index (χ1) is 16.1. The summed E-state index contributed by atoms with van der Waals surface area (Å²) in [5, 5.41) is 60.4. The van der Waals surface area contributed by atoms with E-state index in [0.29, 0.717) is 0 Å². The zero-order valence-electron chi connectivity index (χ0n) is 18.8. The van der Waals surface area contributed by atoms with E-state index >= 15 is 0 Å². The number of ether oxygens (including phenoxy) is 6. The Morgan fingerprint density at radius 2 is 1.56 bits per heavy atom. The van der Waals surface area contributed by atoms with Crippen molar-refractivity contribution < 1.29 is 63.9 Å². The van der Waals surface area contributed by atoms with Gasteiger partial charge < -0.3 is 59.1 Å². The van der Waals surface area contributed by atoms with Gasteiger partial charge in [-0.2, -0.15) is 0 Å². The number of rotatable bonds is 8. The third-order valence-corrected chi connectivity index (χ3v) is 5.64. The van der Waals surface area contributed by atoms with Crippen LogP contribution in [0.3, 0.4) is 0 Å². The van der Waals surface area contributed by atoms with Crippen LogP contribution in [0.1, 0.15) is 17.3 Å². The number of hydrogen-bond donors (Lipinski definition) is 6. The van der Waals surface area contributed by atoms with Crippen molar-refractivity contribution in [3.05, 3.63) is 17.7 Å². The number of methoxy groups -OCH3 is 2. The summed E-state index contributed by atoms with van der Waals surface area (Å²) in [6.45, 7) is 0.539. The molecule has 2 saturated heterocycles. The number of carbonyl (C=O) groups excluding carboxylic acids is 1. The lowest BCUT2D eigenvalue weighted by atomic mass is 9.99. The highest BCUT2D eigenvalue weighted by molar-refractivity contribution is 6.00. The van der Waals surface area contributed by atoms with Gasteiger partial charge in [-0.25, -0.2) is 0 Å². The van der Waals surface area contributed by atoms with E-state index in [2.05, 4.69) is 0 Å². The molecule has 9 atom stereocenters. The number of aliphatic hydroxyl groups is 6. The molecule has 0 bridgehead atoms. The highest BCUT2D eigenvalue weighted by Crippen LogP contribution is 2.36. The maximum Gasteiger partial charge on any atom is 0.229 e. The maximum absolute atomic E-state index is 12.2. The third-order valence-electron chi connectivity index (χ3n) is 5.64. The molecule has 2 aliphatic heterocycles. The monoisotopic (exact) mass is 490 g/mol. The third kappa shape index (κ3) is 5.43. The van der Waals surface area contributed by atoms with Crippen LogP contribution in [0.4, 0.5) is 0 Å². The molecule has 0 aromatic heterocycles. The first-order valence-electron chi connectivity index (χ1n) is 10.5. The fourth-order valence-corrected chi connectivity index (χ4v) is 3.68. The molecule has 192 valence electrons. The van der Waals surface area contributed by atoms with Gasteiger partial charge in [-0.3, -0.25) is 4.79 Å². The van der Waals surface area contributed by atoms with Crippen LogP contribution in [-0.4, -0.2) is 119 Å². The quantitative estimate of drug-likeness (QED) is 0.210. The molecule has 1 aromatic rings. The zero-order valence-corrected chi connectivity index (χ0v) is 18.8. The van der Waals surface area contributed by atoms with E-state index in [1.54, 1.807) is 0 Å². The maximum atomic E-state index is 12.2. The number of aliphatic hydroxyl groups excluding tert-OH is 6. The second-order valence-corrected chi connectivity index (χ2v) is 7.98. The van der Waals surface area contributed by atoms with E-state index in [-0.39, 0.29) is 29.4 Å². The van der Waals surface area contributed by atoms with Gasteiger partial charge in [-0.05, 0) is 6.92 Å². The van der Waals surface area contributed by atoms with Crippen LogP contribution in [0.25, 0.3) is 0 Å². The fraction of sp³-hybridized carbons (Fsp3) is 0.667. The number of Topliss-reactive ketones (excluding diaryl/α,β-unsaturated/α-hetero) is 1. The van der Waals surface area contributed by atoms with Gasteiger partial charge in [0.05, 0.1) is 27.4 Å². The lowest BCUT2D eigenvalue weighted by molar-refractivity contribution is -0.307. The largest absolute Gasteiger partial charge is 0.496 e. The Labute approximate surface area is 195 Å². The molecule has 34 heavy (non-hydrogen) atoms. The molecule has 0 amide bonds. The number of carbonyl (C=O) groups is 1. The van der Waals surface area contributed by atoms with Gasteiger partial charge in [-0.15, -0.1) is 0 Å². The minimum Gasteiger partial charge on any atom is -0.496 e. The minimum absolute atomic E-state index is 0.0405. The molecule has 1 aromatic carbocycles. The first-order valence-corrected chi connectivity index (χ1v) is 10.5. The van der Waals surface area contributed by atoms with Gasteiger partial charge in [-0.1, -0.05) is 0 Å². The van der Waals surface area contributed by atoms with Crippen molar-refractivity contribution in [2.45, 2.75) is 62.2 Å². The summed E-state index contributed by atoms with van der Waals surface area (Å²) in [6, 6.07) is 2.84. The van der Waals surface area contributed by atoms with Crippen LogP contribution in [0.2, 0.25) is 0 Å². The molecule has 0 radical (unpaired) electrons. The van der Waals surface area contributed by atoms with E-state index < -0.39 is 67.7 Å². The van der Waals surface area contributed by atoms with Crippen molar-refractivity contribution in [3.8, 4) is 17.2 Å². The minimum atomic E-state index is -1.72.